The Morgan fingerprint density at radius 1 is 1.63 bits per heavy atom. The Labute approximate surface area is 120 Å². The summed E-state index contributed by atoms with van der Waals surface area (Å²) in [5.74, 6) is -0.186. The van der Waals surface area contributed by atoms with E-state index in [9.17, 15) is 9.59 Å². The molecule has 1 N–H and O–H groups in total. The smallest absolute Gasteiger partial charge is 0.255 e. The fraction of sp³-hybridized carbons (Fsp3) is 0.462. The lowest BCUT2D eigenvalue weighted by atomic mass is 10.1. The van der Waals surface area contributed by atoms with Gasteiger partial charge in [-0.2, -0.15) is 0 Å². The molecule has 1 saturated heterocycles. The second-order valence-corrected chi connectivity index (χ2v) is 5.30. The summed E-state index contributed by atoms with van der Waals surface area (Å²) in [6, 6.07) is 1.30. The first-order valence-corrected chi connectivity index (χ1v) is 7.12. The topological polar surface area (TPSA) is 62.3 Å². The quantitative estimate of drug-likeness (QED) is 0.917. The van der Waals surface area contributed by atoms with Gasteiger partial charge in [0, 0.05) is 30.0 Å². The summed E-state index contributed by atoms with van der Waals surface area (Å²) < 4.78 is 0.654. The van der Waals surface area contributed by atoms with Crippen LogP contribution in [-0.2, 0) is 4.79 Å². The van der Waals surface area contributed by atoms with Gasteiger partial charge in [0.1, 0.15) is 6.04 Å². The van der Waals surface area contributed by atoms with Crippen LogP contribution in [0.2, 0.25) is 0 Å². The molecule has 1 aliphatic rings. The minimum Gasteiger partial charge on any atom is -0.353 e. The second-order valence-electron chi connectivity index (χ2n) is 4.45. The normalized spacial score (nSPS) is 19.2. The van der Waals surface area contributed by atoms with E-state index in [1.165, 1.54) is 0 Å². The van der Waals surface area contributed by atoms with Crippen molar-refractivity contribution in [2.75, 3.05) is 13.1 Å². The Kier molecular flexibility index (Phi) is 4.52. The van der Waals surface area contributed by atoms with E-state index in [1.807, 2.05) is 6.92 Å². The Morgan fingerprint density at radius 2 is 2.42 bits per heavy atom. The van der Waals surface area contributed by atoms with Crippen molar-refractivity contribution in [2.45, 2.75) is 25.8 Å². The van der Waals surface area contributed by atoms with Crippen LogP contribution in [0.3, 0.4) is 0 Å². The van der Waals surface area contributed by atoms with Gasteiger partial charge in [0.05, 0.1) is 5.56 Å². The van der Waals surface area contributed by atoms with Crippen LogP contribution in [0.5, 0.6) is 0 Å². The minimum atomic E-state index is -0.369. The van der Waals surface area contributed by atoms with Gasteiger partial charge in [-0.1, -0.05) is 13.3 Å². The Balaban J connectivity index is 2.25. The van der Waals surface area contributed by atoms with Crippen LogP contribution in [0, 0.1) is 0 Å². The SMILES string of the molecule is CCCC1C(=O)NCCN1C(=O)c1ccncc1Br. The standard InChI is InChI=1S/C13H16BrN3O2/c1-2-3-11-12(18)16-6-7-17(11)13(19)9-4-5-15-8-10(9)14/h4-5,8,11H,2-3,6-7H2,1H3,(H,16,18). The summed E-state index contributed by atoms with van der Waals surface area (Å²) in [5, 5.41) is 2.81. The van der Waals surface area contributed by atoms with Gasteiger partial charge in [-0.3, -0.25) is 14.6 Å². The largest absolute Gasteiger partial charge is 0.353 e. The second kappa shape index (κ2) is 6.14. The highest BCUT2D eigenvalue weighted by molar-refractivity contribution is 9.10. The molecule has 1 unspecified atom stereocenters. The van der Waals surface area contributed by atoms with Gasteiger partial charge < -0.3 is 10.2 Å². The number of pyridine rings is 1. The highest BCUT2D eigenvalue weighted by Gasteiger charge is 2.33. The number of carbonyl (C=O) groups is 2. The molecule has 5 nitrogen and oxygen atoms in total. The van der Waals surface area contributed by atoms with Crippen LogP contribution in [0.1, 0.15) is 30.1 Å². The number of hydrogen-bond donors (Lipinski definition) is 1. The number of halogens is 1. The maximum absolute atomic E-state index is 12.5. The number of carbonyl (C=O) groups excluding carboxylic acids is 2. The molecule has 2 amide bonds. The first-order valence-electron chi connectivity index (χ1n) is 6.33. The predicted molar refractivity (Wildman–Crippen MR) is 74.7 cm³/mol. The van der Waals surface area contributed by atoms with E-state index >= 15 is 0 Å². The average molecular weight is 326 g/mol. The number of hydrogen-bond acceptors (Lipinski definition) is 3. The fourth-order valence-electron chi connectivity index (χ4n) is 2.22. The third-order valence-corrected chi connectivity index (χ3v) is 3.79. The van der Waals surface area contributed by atoms with Gasteiger partial charge >= 0.3 is 0 Å². The highest BCUT2D eigenvalue weighted by Crippen LogP contribution is 2.20. The van der Waals surface area contributed by atoms with Crippen molar-refractivity contribution in [3.63, 3.8) is 0 Å². The summed E-state index contributed by atoms with van der Waals surface area (Å²) in [4.78, 5) is 30.0. The van der Waals surface area contributed by atoms with E-state index in [-0.39, 0.29) is 17.9 Å². The Morgan fingerprint density at radius 3 is 3.11 bits per heavy atom. The van der Waals surface area contributed by atoms with Crippen molar-refractivity contribution in [1.82, 2.24) is 15.2 Å². The highest BCUT2D eigenvalue weighted by atomic mass is 79.9. The van der Waals surface area contributed by atoms with Crippen LogP contribution in [0.25, 0.3) is 0 Å². The number of nitrogens with zero attached hydrogens (tertiary/aromatic N) is 2. The van der Waals surface area contributed by atoms with Gasteiger partial charge in [-0.25, -0.2) is 0 Å². The number of rotatable bonds is 3. The molecule has 2 heterocycles. The van der Waals surface area contributed by atoms with Crippen LogP contribution in [0.15, 0.2) is 22.9 Å². The summed E-state index contributed by atoms with van der Waals surface area (Å²) in [7, 11) is 0. The molecule has 0 aromatic carbocycles. The van der Waals surface area contributed by atoms with Crippen LogP contribution < -0.4 is 5.32 Å². The van der Waals surface area contributed by atoms with E-state index in [1.54, 1.807) is 23.4 Å². The molecule has 0 spiro atoms. The van der Waals surface area contributed by atoms with Crippen LogP contribution >= 0.6 is 15.9 Å². The molecule has 1 fully saturated rings. The molecule has 1 aromatic rings. The molecule has 0 saturated carbocycles. The Bertz CT molecular complexity index is 493. The van der Waals surface area contributed by atoms with Gasteiger partial charge in [0.2, 0.25) is 5.91 Å². The summed E-state index contributed by atoms with van der Waals surface area (Å²) in [6.45, 7) is 3.06. The van der Waals surface area contributed by atoms with E-state index in [0.717, 1.165) is 6.42 Å². The molecule has 0 bridgehead atoms. The molecule has 19 heavy (non-hydrogen) atoms. The fourth-order valence-corrected chi connectivity index (χ4v) is 2.64. The van der Waals surface area contributed by atoms with Crippen molar-refractivity contribution in [3.8, 4) is 0 Å². The van der Waals surface area contributed by atoms with Gasteiger partial charge in [-0.15, -0.1) is 0 Å². The molecule has 2 rings (SSSR count). The molecule has 102 valence electrons. The molecule has 1 aromatic heterocycles. The summed E-state index contributed by atoms with van der Waals surface area (Å²) in [6.07, 6.45) is 4.71. The van der Waals surface area contributed by atoms with Crippen molar-refractivity contribution < 1.29 is 9.59 Å². The van der Waals surface area contributed by atoms with E-state index in [0.29, 0.717) is 29.5 Å². The zero-order valence-electron chi connectivity index (χ0n) is 10.7. The molecule has 6 heteroatoms. The lowest BCUT2D eigenvalue weighted by molar-refractivity contribution is -0.128. The molecular formula is C13H16BrN3O2. The molecule has 1 atom stereocenters. The number of nitrogens with one attached hydrogen (secondary N) is 1. The first-order chi connectivity index (χ1) is 9.15. The zero-order chi connectivity index (χ0) is 13.8. The average Bonchev–Trinajstić information content (AvgIpc) is 2.41. The lowest BCUT2D eigenvalue weighted by Crippen LogP contribution is -2.57. The van der Waals surface area contributed by atoms with Crippen molar-refractivity contribution in [3.05, 3.63) is 28.5 Å². The Hall–Kier alpha value is -1.43. The summed E-state index contributed by atoms with van der Waals surface area (Å²) >= 11 is 3.33. The molecule has 1 aliphatic heterocycles. The third-order valence-electron chi connectivity index (χ3n) is 3.16. The monoisotopic (exact) mass is 325 g/mol. The first kappa shape index (κ1) is 14.0. The lowest BCUT2D eigenvalue weighted by Gasteiger charge is -2.35. The van der Waals surface area contributed by atoms with Gasteiger partial charge in [-0.05, 0) is 28.4 Å². The maximum atomic E-state index is 12.5. The van der Waals surface area contributed by atoms with E-state index in [4.69, 9.17) is 0 Å². The van der Waals surface area contributed by atoms with Crippen LogP contribution in [-0.4, -0.2) is 40.8 Å². The zero-order valence-corrected chi connectivity index (χ0v) is 12.3. The minimum absolute atomic E-state index is 0.0633. The van der Waals surface area contributed by atoms with Crippen LogP contribution in [0.4, 0.5) is 0 Å². The van der Waals surface area contributed by atoms with Crippen molar-refractivity contribution in [2.24, 2.45) is 0 Å². The summed E-state index contributed by atoms with van der Waals surface area (Å²) in [5.41, 5.74) is 0.547. The number of aromatic nitrogens is 1. The van der Waals surface area contributed by atoms with Crippen molar-refractivity contribution in [1.29, 1.82) is 0 Å². The maximum Gasteiger partial charge on any atom is 0.255 e. The van der Waals surface area contributed by atoms with Gasteiger partial charge in [0.25, 0.3) is 5.91 Å². The molecular weight excluding hydrogens is 310 g/mol. The van der Waals surface area contributed by atoms with Crippen molar-refractivity contribution >= 4 is 27.7 Å². The third kappa shape index (κ3) is 2.94. The van der Waals surface area contributed by atoms with E-state index < -0.39 is 0 Å². The molecule has 0 aliphatic carbocycles. The van der Waals surface area contributed by atoms with E-state index in [2.05, 4.69) is 26.2 Å². The number of amides is 2. The number of piperazine rings is 1. The predicted octanol–water partition coefficient (Wildman–Crippen LogP) is 1.58. The molecule has 0 radical (unpaired) electrons. The van der Waals surface area contributed by atoms with Gasteiger partial charge in [0.15, 0.2) is 0 Å².